The van der Waals surface area contributed by atoms with Gasteiger partial charge in [0, 0.05) is 18.9 Å². The van der Waals surface area contributed by atoms with Gasteiger partial charge in [0.25, 0.3) is 0 Å². The lowest BCUT2D eigenvalue weighted by Gasteiger charge is -2.07. The van der Waals surface area contributed by atoms with Crippen molar-refractivity contribution in [1.82, 2.24) is 14.9 Å². The lowest BCUT2D eigenvalue weighted by atomic mass is 10.1. The van der Waals surface area contributed by atoms with Crippen molar-refractivity contribution < 1.29 is 0 Å². The Kier molecular flexibility index (Phi) is 3.72. The number of aryl methyl sites for hydroxylation is 2. The normalized spacial score (nSPS) is 10.6. The van der Waals surface area contributed by atoms with E-state index in [4.69, 9.17) is 0 Å². The first kappa shape index (κ1) is 10.9. The summed E-state index contributed by atoms with van der Waals surface area (Å²) in [6.45, 7) is 1.81. The summed E-state index contributed by atoms with van der Waals surface area (Å²) in [6, 6.07) is 10.5. The zero-order chi connectivity index (χ0) is 11.2. The molecule has 3 nitrogen and oxygen atoms in total. The van der Waals surface area contributed by atoms with Crippen molar-refractivity contribution in [3.8, 4) is 0 Å². The van der Waals surface area contributed by atoms with Gasteiger partial charge in [0.05, 0.1) is 6.54 Å². The van der Waals surface area contributed by atoms with Gasteiger partial charge in [0.15, 0.2) is 0 Å². The molecule has 16 heavy (non-hydrogen) atoms. The van der Waals surface area contributed by atoms with Crippen LogP contribution >= 0.6 is 0 Å². The minimum Gasteiger partial charge on any atom is -0.334 e. The van der Waals surface area contributed by atoms with Crippen LogP contribution < -0.4 is 5.32 Å². The summed E-state index contributed by atoms with van der Waals surface area (Å²) < 4.78 is 2.20. The Morgan fingerprint density at radius 3 is 2.81 bits per heavy atom. The molecule has 0 spiro atoms. The van der Waals surface area contributed by atoms with Gasteiger partial charge in [0.2, 0.25) is 0 Å². The first-order chi connectivity index (χ1) is 7.90. The van der Waals surface area contributed by atoms with E-state index < -0.39 is 0 Å². The molecule has 84 valence electrons. The summed E-state index contributed by atoms with van der Waals surface area (Å²) in [5.41, 5.74) is 1.37. The highest BCUT2D eigenvalue weighted by molar-refractivity contribution is 5.14. The molecule has 1 aromatic carbocycles. The van der Waals surface area contributed by atoms with E-state index in [2.05, 4.69) is 39.1 Å². The van der Waals surface area contributed by atoms with E-state index in [0.29, 0.717) is 0 Å². The van der Waals surface area contributed by atoms with E-state index >= 15 is 0 Å². The number of benzene rings is 1. The zero-order valence-electron chi connectivity index (χ0n) is 9.56. The van der Waals surface area contributed by atoms with E-state index in [-0.39, 0.29) is 0 Å². The van der Waals surface area contributed by atoms with Gasteiger partial charge in [-0.2, -0.15) is 0 Å². The maximum absolute atomic E-state index is 4.32. The van der Waals surface area contributed by atoms with Gasteiger partial charge in [0.1, 0.15) is 5.82 Å². The molecule has 3 heteroatoms. The maximum atomic E-state index is 4.32. The predicted octanol–water partition coefficient (Wildman–Crippen LogP) is 1.85. The molecular formula is C13H17N3. The molecule has 0 aliphatic heterocycles. The third-order valence-corrected chi connectivity index (χ3v) is 2.62. The summed E-state index contributed by atoms with van der Waals surface area (Å²) in [5, 5.41) is 3.13. The number of hydrogen-bond acceptors (Lipinski definition) is 2. The van der Waals surface area contributed by atoms with Crippen LogP contribution in [0, 0.1) is 0 Å². The van der Waals surface area contributed by atoms with E-state index in [1.807, 2.05) is 25.5 Å². The Bertz CT molecular complexity index is 420. The number of nitrogens with zero attached hydrogens (tertiary/aromatic N) is 2. The molecule has 0 aliphatic carbocycles. The Morgan fingerprint density at radius 1 is 1.25 bits per heavy atom. The van der Waals surface area contributed by atoms with Gasteiger partial charge in [-0.1, -0.05) is 30.3 Å². The Morgan fingerprint density at radius 2 is 2.06 bits per heavy atom. The molecule has 1 N–H and O–H groups in total. The second kappa shape index (κ2) is 5.47. The highest BCUT2D eigenvalue weighted by Crippen LogP contribution is 2.04. The SMILES string of the molecule is CNCc1nccn1CCc1ccccc1. The second-order valence-corrected chi connectivity index (χ2v) is 3.80. The van der Waals surface area contributed by atoms with Crippen LogP contribution in [0.25, 0.3) is 0 Å². The van der Waals surface area contributed by atoms with Crippen LogP contribution in [0.4, 0.5) is 0 Å². The number of nitrogens with one attached hydrogen (secondary N) is 1. The molecule has 0 bridgehead atoms. The molecule has 0 unspecified atom stereocenters. The van der Waals surface area contributed by atoms with Crippen molar-refractivity contribution in [2.75, 3.05) is 7.05 Å². The smallest absolute Gasteiger partial charge is 0.122 e. The highest BCUT2D eigenvalue weighted by atomic mass is 15.1. The molecule has 0 fully saturated rings. The summed E-state index contributed by atoms with van der Waals surface area (Å²) in [7, 11) is 1.94. The average Bonchev–Trinajstić information content (AvgIpc) is 2.76. The largest absolute Gasteiger partial charge is 0.334 e. The number of imidazole rings is 1. The van der Waals surface area contributed by atoms with Gasteiger partial charge in [-0.3, -0.25) is 0 Å². The fourth-order valence-electron chi connectivity index (χ4n) is 1.76. The fourth-order valence-corrected chi connectivity index (χ4v) is 1.76. The second-order valence-electron chi connectivity index (χ2n) is 3.80. The summed E-state index contributed by atoms with van der Waals surface area (Å²) >= 11 is 0. The van der Waals surface area contributed by atoms with E-state index in [9.17, 15) is 0 Å². The van der Waals surface area contributed by atoms with Crippen molar-refractivity contribution >= 4 is 0 Å². The van der Waals surface area contributed by atoms with Crippen LogP contribution in [0.5, 0.6) is 0 Å². The molecule has 2 rings (SSSR count). The molecule has 0 aliphatic rings. The van der Waals surface area contributed by atoms with Crippen LogP contribution in [0.1, 0.15) is 11.4 Å². The average molecular weight is 215 g/mol. The molecular weight excluding hydrogens is 198 g/mol. The minimum absolute atomic E-state index is 0.821. The molecule has 0 saturated carbocycles. The number of rotatable bonds is 5. The van der Waals surface area contributed by atoms with Gasteiger partial charge in [-0.25, -0.2) is 4.98 Å². The summed E-state index contributed by atoms with van der Waals surface area (Å²) in [4.78, 5) is 4.32. The minimum atomic E-state index is 0.821. The van der Waals surface area contributed by atoms with E-state index in [0.717, 1.165) is 25.3 Å². The van der Waals surface area contributed by atoms with Gasteiger partial charge in [-0.15, -0.1) is 0 Å². The number of hydrogen-bond donors (Lipinski definition) is 1. The number of aromatic nitrogens is 2. The van der Waals surface area contributed by atoms with Gasteiger partial charge >= 0.3 is 0 Å². The van der Waals surface area contributed by atoms with Crippen molar-refractivity contribution in [2.45, 2.75) is 19.5 Å². The maximum Gasteiger partial charge on any atom is 0.122 e. The molecule has 0 atom stereocenters. The molecule has 0 saturated heterocycles. The molecule has 2 aromatic rings. The Labute approximate surface area is 96.1 Å². The zero-order valence-corrected chi connectivity index (χ0v) is 9.56. The highest BCUT2D eigenvalue weighted by Gasteiger charge is 2.01. The van der Waals surface area contributed by atoms with Crippen LogP contribution in [0.15, 0.2) is 42.7 Å². The molecule has 0 amide bonds. The van der Waals surface area contributed by atoms with Crippen LogP contribution in [0.3, 0.4) is 0 Å². The lowest BCUT2D eigenvalue weighted by molar-refractivity contribution is 0.625. The predicted molar refractivity (Wildman–Crippen MR) is 65.1 cm³/mol. The Hall–Kier alpha value is -1.61. The fraction of sp³-hybridized carbons (Fsp3) is 0.308. The van der Waals surface area contributed by atoms with Crippen LogP contribution in [-0.2, 0) is 19.5 Å². The van der Waals surface area contributed by atoms with Crippen molar-refractivity contribution in [1.29, 1.82) is 0 Å². The van der Waals surface area contributed by atoms with Crippen molar-refractivity contribution in [3.05, 3.63) is 54.1 Å². The van der Waals surface area contributed by atoms with Crippen LogP contribution in [-0.4, -0.2) is 16.6 Å². The quantitative estimate of drug-likeness (QED) is 0.825. The van der Waals surface area contributed by atoms with Gasteiger partial charge < -0.3 is 9.88 Å². The standard InChI is InChI=1S/C13H17N3/c1-14-11-13-15-8-10-16(13)9-7-12-5-3-2-4-6-12/h2-6,8,10,14H,7,9,11H2,1H3. The molecule has 1 heterocycles. The van der Waals surface area contributed by atoms with Gasteiger partial charge in [-0.05, 0) is 19.0 Å². The van der Waals surface area contributed by atoms with E-state index in [1.54, 1.807) is 0 Å². The third kappa shape index (κ3) is 2.70. The first-order valence-electron chi connectivity index (χ1n) is 5.58. The molecule has 0 radical (unpaired) electrons. The van der Waals surface area contributed by atoms with E-state index in [1.165, 1.54) is 5.56 Å². The van der Waals surface area contributed by atoms with Crippen molar-refractivity contribution in [3.63, 3.8) is 0 Å². The summed E-state index contributed by atoms with van der Waals surface area (Å²) in [5.74, 6) is 1.10. The van der Waals surface area contributed by atoms with Crippen LogP contribution in [0.2, 0.25) is 0 Å². The topological polar surface area (TPSA) is 29.9 Å². The monoisotopic (exact) mass is 215 g/mol. The third-order valence-electron chi connectivity index (χ3n) is 2.62. The Balaban J connectivity index is 1.97. The molecule has 1 aromatic heterocycles. The summed E-state index contributed by atoms with van der Waals surface area (Å²) in [6.07, 6.45) is 4.95. The lowest BCUT2D eigenvalue weighted by Crippen LogP contribution is -2.13. The van der Waals surface area contributed by atoms with Crippen molar-refractivity contribution in [2.24, 2.45) is 0 Å². The first-order valence-corrected chi connectivity index (χ1v) is 5.58.